The molecule has 1 aliphatic carbocycles. The van der Waals surface area contributed by atoms with E-state index in [1.807, 2.05) is 0 Å². The molecule has 4 nitrogen and oxygen atoms in total. The van der Waals surface area contributed by atoms with E-state index in [1.165, 1.54) is 13.2 Å². The van der Waals surface area contributed by atoms with Gasteiger partial charge in [0.2, 0.25) is 5.91 Å². The number of nitrogens with zero attached hydrogens (tertiary/aromatic N) is 1. The molecule has 3 aliphatic rings. The maximum Gasteiger partial charge on any atom is 0.227 e. The van der Waals surface area contributed by atoms with E-state index in [4.69, 9.17) is 4.74 Å². The summed E-state index contributed by atoms with van der Waals surface area (Å²) >= 11 is 0. The van der Waals surface area contributed by atoms with Gasteiger partial charge in [0.1, 0.15) is 0 Å². The van der Waals surface area contributed by atoms with Gasteiger partial charge in [0, 0.05) is 41.2 Å². The zero-order chi connectivity index (χ0) is 15.0. The minimum Gasteiger partial charge on any atom is -0.494 e. The first kappa shape index (κ1) is 12.5. The number of ether oxygens (including phenoxy) is 1. The third-order valence-electron chi connectivity index (χ3n) is 5.71. The van der Waals surface area contributed by atoms with Crippen LogP contribution in [0.4, 0.5) is 4.39 Å². The van der Waals surface area contributed by atoms with Crippen LogP contribution in [0.5, 0.6) is 5.75 Å². The molecule has 0 spiro atoms. The molecule has 5 rings (SSSR count). The number of aromatic nitrogens is 1. The fourth-order valence-corrected chi connectivity index (χ4v) is 4.81. The highest BCUT2D eigenvalue weighted by Crippen LogP contribution is 2.50. The first-order valence-electron chi connectivity index (χ1n) is 7.83. The quantitative estimate of drug-likeness (QED) is 0.880. The molecule has 114 valence electrons. The Labute approximate surface area is 127 Å². The molecule has 1 N–H and O–H groups in total. The van der Waals surface area contributed by atoms with Gasteiger partial charge in [0.05, 0.1) is 13.5 Å². The third kappa shape index (κ3) is 1.44. The predicted molar refractivity (Wildman–Crippen MR) is 79.5 cm³/mol. The van der Waals surface area contributed by atoms with Gasteiger partial charge in [-0.15, -0.1) is 0 Å². The number of piperidine rings is 1. The number of methoxy groups -OCH3 is 1. The molecule has 2 aromatic rings. The summed E-state index contributed by atoms with van der Waals surface area (Å²) in [4.78, 5) is 18.1. The first-order chi connectivity index (χ1) is 10.7. The average Bonchev–Trinajstić information content (AvgIpc) is 3.17. The predicted octanol–water partition coefficient (Wildman–Crippen LogP) is 2.58. The second-order valence-electron chi connectivity index (χ2n) is 6.78. The molecule has 1 aromatic heterocycles. The summed E-state index contributed by atoms with van der Waals surface area (Å²) in [6.45, 7) is 0.917. The number of nitrogens with one attached hydrogen (secondary N) is 1. The number of halogens is 1. The third-order valence-corrected chi connectivity index (χ3v) is 5.71. The van der Waals surface area contributed by atoms with Gasteiger partial charge in [-0.1, -0.05) is 0 Å². The number of fused-ring (bicyclic) bond motifs is 5. The van der Waals surface area contributed by atoms with E-state index in [9.17, 15) is 9.18 Å². The average molecular weight is 300 g/mol. The maximum atomic E-state index is 14.0. The number of carbonyl (C=O) groups is 1. The van der Waals surface area contributed by atoms with Gasteiger partial charge < -0.3 is 14.6 Å². The molecule has 2 aliphatic heterocycles. The van der Waals surface area contributed by atoms with Crippen molar-refractivity contribution in [3.8, 4) is 5.75 Å². The van der Waals surface area contributed by atoms with E-state index in [0.717, 1.165) is 41.5 Å². The maximum absolute atomic E-state index is 14.0. The van der Waals surface area contributed by atoms with Crippen LogP contribution in [0, 0.1) is 11.7 Å². The number of rotatable bonds is 1. The Kier molecular flexibility index (Phi) is 2.29. The van der Waals surface area contributed by atoms with Crippen molar-refractivity contribution in [1.82, 2.24) is 9.88 Å². The summed E-state index contributed by atoms with van der Waals surface area (Å²) in [5, 5.41) is 0.924. The van der Waals surface area contributed by atoms with Crippen molar-refractivity contribution in [3.63, 3.8) is 0 Å². The monoisotopic (exact) mass is 300 g/mol. The molecule has 1 amide bonds. The minimum absolute atomic E-state index is 0.208. The van der Waals surface area contributed by atoms with Gasteiger partial charge in [0.25, 0.3) is 0 Å². The van der Waals surface area contributed by atoms with Crippen molar-refractivity contribution in [2.75, 3.05) is 13.7 Å². The molecule has 22 heavy (non-hydrogen) atoms. The summed E-state index contributed by atoms with van der Waals surface area (Å²) in [7, 11) is 1.47. The second kappa shape index (κ2) is 4.03. The summed E-state index contributed by atoms with van der Waals surface area (Å²) in [5.41, 5.74) is 2.95. The molecule has 2 fully saturated rings. The zero-order valence-electron chi connectivity index (χ0n) is 12.4. The van der Waals surface area contributed by atoms with Crippen LogP contribution < -0.4 is 4.74 Å². The summed E-state index contributed by atoms with van der Waals surface area (Å²) in [5.74, 6) is 1.08. The van der Waals surface area contributed by atoms with Crippen molar-refractivity contribution in [3.05, 3.63) is 29.2 Å². The van der Waals surface area contributed by atoms with Gasteiger partial charge in [-0.25, -0.2) is 4.39 Å². The number of aromatic amines is 1. The van der Waals surface area contributed by atoms with Gasteiger partial charge in [-0.2, -0.15) is 0 Å². The Bertz CT molecular complexity index is 813. The van der Waals surface area contributed by atoms with Crippen LogP contribution in [-0.4, -0.2) is 35.5 Å². The van der Waals surface area contributed by atoms with E-state index in [2.05, 4.69) is 9.88 Å². The lowest BCUT2D eigenvalue weighted by Crippen LogP contribution is -2.40. The Morgan fingerprint density at radius 2 is 2.23 bits per heavy atom. The number of hydrogen-bond acceptors (Lipinski definition) is 2. The lowest BCUT2D eigenvalue weighted by Gasteiger charge is -2.30. The number of hydrogen-bond donors (Lipinski definition) is 1. The van der Waals surface area contributed by atoms with Crippen molar-refractivity contribution in [2.45, 2.75) is 31.2 Å². The zero-order valence-corrected chi connectivity index (χ0v) is 12.4. The van der Waals surface area contributed by atoms with Crippen molar-refractivity contribution in [1.29, 1.82) is 0 Å². The molecule has 0 radical (unpaired) electrons. The minimum atomic E-state index is -0.368. The summed E-state index contributed by atoms with van der Waals surface area (Å²) in [6, 6.07) is 3.54. The second-order valence-corrected chi connectivity index (χ2v) is 6.78. The van der Waals surface area contributed by atoms with Gasteiger partial charge >= 0.3 is 0 Å². The standard InChI is InChI=1S/C17H17FN2O2/c1-22-15-4-9-10-5-16(21)20-7-8-2-11(14(20)3-8)17(10)19-13(9)6-12(15)18/h4,6,8,11,14,19H,2-3,5,7H2,1H3/t8-,11+,14-/m0/s1. The molecule has 3 heterocycles. The van der Waals surface area contributed by atoms with Crippen LogP contribution in [0.1, 0.15) is 30.0 Å². The molecule has 2 bridgehead atoms. The van der Waals surface area contributed by atoms with E-state index in [-0.39, 0.29) is 17.5 Å². The van der Waals surface area contributed by atoms with Gasteiger partial charge in [0.15, 0.2) is 11.6 Å². The van der Waals surface area contributed by atoms with E-state index >= 15 is 0 Å². The molecule has 5 heteroatoms. The first-order valence-corrected chi connectivity index (χ1v) is 7.83. The van der Waals surface area contributed by atoms with Crippen molar-refractivity contribution in [2.24, 2.45) is 5.92 Å². The molecular formula is C17H17FN2O2. The fraction of sp³-hybridized carbons (Fsp3) is 0.471. The largest absolute Gasteiger partial charge is 0.494 e. The highest BCUT2D eigenvalue weighted by molar-refractivity contribution is 5.92. The summed E-state index contributed by atoms with van der Waals surface area (Å²) in [6.07, 6.45) is 2.65. The van der Waals surface area contributed by atoms with Crippen LogP contribution in [0.25, 0.3) is 10.9 Å². The molecule has 1 saturated carbocycles. The highest BCUT2D eigenvalue weighted by Gasteiger charge is 2.50. The SMILES string of the molecule is COc1cc2c3c([nH]c2cc1F)[C@@H]1C[C@H]2C[C@@H]1N(C2)C(=O)C3. The van der Waals surface area contributed by atoms with Crippen LogP contribution in [0.2, 0.25) is 0 Å². The van der Waals surface area contributed by atoms with Gasteiger partial charge in [-0.05, 0) is 30.4 Å². The van der Waals surface area contributed by atoms with Crippen molar-refractivity contribution < 1.29 is 13.9 Å². The van der Waals surface area contributed by atoms with E-state index < -0.39 is 0 Å². The molecule has 1 saturated heterocycles. The topological polar surface area (TPSA) is 45.3 Å². The molecule has 3 atom stereocenters. The molecule has 1 aromatic carbocycles. The Hall–Kier alpha value is -2.04. The Morgan fingerprint density at radius 3 is 3.00 bits per heavy atom. The van der Waals surface area contributed by atoms with Gasteiger partial charge in [-0.3, -0.25) is 4.79 Å². The Morgan fingerprint density at radius 1 is 1.36 bits per heavy atom. The Balaban J connectivity index is 1.76. The molecular weight excluding hydrogens is 283 g/mol. The number of H-pyrrole nitrogens is 1. The lowest BCUT2D eigenvalue weighted by atomic mass is 9.93. The van der Waals surface area contributed by atoms with E-state index in [0.29, 0.717) is 24.3 Å². The van der Waals surface area contributed by atoms with Crippen LogP contribution in [0.3, 0.4) is 0 Å². The molecule has 0 unspecified atom stereocenters. The smallest absolute Gasteiger partial charge is 0.227 e. The van der Waals surface area contributed by atoms with Crippen LogP contribution in [-0.2, 0) is 11.2 Å². The van der Waals surface area contributed by atoms with Crippen molar-refractivity contribution >= 4 is 16.8 Å². The number of amides is 1. The highest BCUT2D eigenvalue weighted by atomic mass is 19.1. The number of benzene rings is 1. The van der Waals surface area contributed by atoms with E-state index in [1.54, 1.807) is 6.07 Å². The summed E-state index contributed by atoms with van der Waals surface area (Å²) < 4.78 is 19.1. The fourth-order valence-electron chi connectivity index (χ4n) is 4.81. The normalized spacial score (nSPS) is 29.1. The van der Waals surface area contributed by atoms with Crippen LogP contribution in [0.15, 0.2) is 12.1 Å². The lowest BCUT2D eigenvalue weighted by molar-refractivity contribution is -0.132. The van der Waals surface area contributed by atoms with Crippen LogP contribution >= 0.6 is 0 Å². The number of carbonyl (C=O) groups excluding carboxylic acids is 1.